The Balaban J connectivity index is 0.00000300. The van der Waals surface area contributed by atoms with Crippen molar-refractivity contribution in [3.05, 3.63) is 71.0 Å². The van der Waals surface area contributed by atoms with Crippen LogP contribution in [0, 0.1) is 5.82 Å². The summed E-state index contributed by atoms with van der Waals surface area (Å²) in [7, 11) is 1.74. The molecule has 3 rings (SSSR count). The predicted molar refractivity (Wildman–Crippen MR) is 125 cm³/mol. The van der Waals surface area contributed by atoms with Crippen molar-refractivity contribution in [1.82, 2.24) is 15.5 Å². The van der Waals surface area contributed by atoms with E-state index in [-0.39, 0.29) is 35.7 Å². The molecule has 1 heterocycles. The number of carbonyl (C=O) groups is 1. The van der Waals surface area contributed by atoms with Crippen molar-refractivity contribution in [2.75, 3.05) is 20.1 Å². The number of carbonyl (C=O) groups excluding carboxylic acids is 1. The summed E-state index contributed by atoms with van der Waals surface area (Å²) in [6.07, 6.45) is 2.42. The number of aliphatic imine (C=N–C) groups is 1. The summed E-state index contributed by atoms with van der Waals surface area (Å²) in [5.74, 6) is 0.752. The van der Waals surface area contributed by atoms with Gasteiger partial charge in [0, 0.05) is 39.6 Å². The first kappa shape index (κ1) is 23.1. The van der Waals surface area contributed by atoms with Crippen molar-refractivity contribution in [3.63, 3.8) is 0 Å². The molecule has 1 saturated heterocycles. The summed E-state index contributed by atoms with van der Waals surface area (Å²) in [5, 5.41) is 6.58. The van der Waals surface area contributed by atoms with Gasteiger partial charge in [-0.1, -0.05) is 36.4 Å². The normalized spacial score (nSPS) is 13.9. The Morgan fingerprint density at radius 1 is 1.10 bits per heavy atom. The average molecular weight is 510 g/mol. The summed E-state index contributed by atoms with van der Waals surface area (Å²) in [6, 6.07) is 14.8. The fourth-order valence-corrected chi connectivity index (χ4v) is 3.31. The van der Waals surface area contributed by atoms with Crippen molar-refractivity contribution in [3.8, 4) is 0 Å². The van der Waals surface area contributed by atoms with Crippen LogP contribution in [0.5, 0.6) is 0 Å². The number of rotatable bonds is 7. The minimum Gasteiger partial charge on any atom is -0.356 e. The predicted octanol–water partition coefficient (Wildman–Crippen LogP) is 3.47. The number of halogens is 2. The lowest BCUT2D eigenvalue weighted by Gasteiger charge is -2.16. The highest BCUT2D eigenvalue weighted by atomic mass is 127. The highest BCUT2D eigenvalue weighted by molar-refractivity contribution is 14.0. The van der Waals surface area contributed by atoms with E-state index in [1.54, 1.807) is 19.2 Å². The molecule has 2 N–H and O–H groups in total. The summed E-state index contributed by atoms with van der Waals surface area (Å²) < 4.78 is 13.0. The largest absolute Gasteiger partial charge is 0.356 e. The van der Waals surface area contributed by atoms with Crippen molar-refractivity contribution in [1.29, 1.82) is 0 Å². The maximum atomic E-state index is 13.0. The third kappa shape index (κ3) is 7.30. The third-order valence-corrected chi connectivity index (χ3v) is 4.84. The lowest BCUT2D eigenvalue weighted by molar-refractivity contribution is -0.128. The molecule has 2 aromatic rings. The van der Waals surface area contributed by atoms with Gasteiger partial charge < -0.3 is 15.5 Å². The number of hydrogen-bond donors (Lipinski definition) is 2. The van der Waals surface area contributed by atoms with Gasteiger partial charge in [0.15, 0.2) is 5.96 Å². The minimum absolute atomic E-state index is 0. The van der Waals surface area contributed by atoms with Gasteiger partial charge in [0.2, 0.25) is 5.91 Å². The van der Waals surface area contributed by atoms with E-state index in [4.69, 9.17) is 0 Å². The number of guanidine groups is 1. The quantitative estimate of drug-likeness (QED) is 0.341. The van der Waals surface area contributed by atoms with Crippen LogP contribution in [0.2, 0.25) is 0 Å². The molecule has 0 aliphatic carbocycles. The molecule has 5 nitrogen and oxygen atoms in total. The molecule has 0 aromatic heterocycles. The van der Waals surface area contributed by atoms with Gasteiger partial charge in [0.25, 0.3) is 0 Å². The second-order valence-electron chi connectivity index (χ2n) is 6.97. The van der Waals surface area contributed by atoms with E-state index >= 15 is 0 Å². The van der Waals surface area contributed by atoms with E-state index in [1.165, 1.54) is 12.1 Å². The van der Waals surface area contributed by atoms with E-state index in [9.17, 15) is 9.18 Å². The zero-order valence-electron chi connectivity index (χ0n) is 16.7. The molecule has 7 heteroatoms. The molecule has 0 atom stereocenters. The monoisotopic (exact) mass is 510 g/mol. The molecule has 2 aromatic carbocycles. The van der Waals surface area contributed by atoms with Gasteiger partial charge in [-0.3, -0.25) is 9.79 Å². The van der Waals surface area contributed by atoms with Gasteiger partial charge in [-0.15, -0.1) is 24.0 Å². The van der Waals surface area contributed by atoms with E-state index in [0.29, 0.717) is 26.1 Å². The fraction of sp³-hybridized carbons (Fsp3) is 0.364. The first-order valence-electron chi connectivity index (χ1n) is 9.68. The third-order valence-electron chi connectivity index (χ3n) is 4.84. The van der Waals surface area contributed by atoms with Gasteiger partial charge in [-0.25, -0.2) is 4.39 Å². The zero-order valence-corrected chi connectivity index (χ0v) is 19.0. The summed E-state index contributed by atoms with van der Waals surface area (Å²) in [4.78, 5) is 18.0. The van der Waals surface area contributed by atoms with Gasteiger partial charge in [0.05, 0.1) is 0 Å². The topological polar surface area (TPSA) is 56.7 Å². The first-order chi connectivity index (χ1) is 13.6. The summed E-state index contributed by atoms with van der Waals surface area (Å²) in [6.45, 7) is 2.89. The van der Waals surface area contributed by atoms with Crippen molar-refractivity contribution in [2.45, 2.75) is 32.4 Å². The maximum Gasteiger partial charge on any atom is 0.222 e. The van der Waals surface area contributed by atoms with Crippen molar-refractivity contribution < 1.29 is 9.18 Å². The van der Waals surface area contributed by atoms with Crippen LogP contribution < -0.4 is 10.6 Å². The van der Waals surface area contributed by atoms with Crippen LogP contribution >= 0.6 is 24.0 Å². The molecule has 1 amide bonds. The number of nitrogens with one attached hydrogen (secondary N) is 2. The lowest BCUT2D eigenvalue weighted by atomic mass is 10.1. The molecule has 0 saturated carbocycles. The Morgan fingerprint density at radius 2 is 1.86 bits per heavy atom. The van der Waals surface area contributed by atoms with E-state index in [0.717, 1.165) is 42.0 Å². The van der Waals surface area contributed by atoms with Crippen molar-refractivity contribution in [2.24, 2.45) is 4.99 Å². The SMILES string of the molecule is CN=C(NCCc1ccc(F)cc1)NCc1cccc(CN2CCCC2=O)c1.I. The molecule has 1 aliphatic rings. The number of amides is 1. The van der Waals surface area contributed by atoms with Crippen molar-refractivity contribution >= 4 is 35.8 Å². The molecule has 156 valence electrons. The fourth-order valence-electron chi connectivity index (χ4n) is 3.31. The van der Waals surface area contributed by atoms with E-state index < -0.39 is 0 Å². The molecular weight excluding hydrogens is 482 g/mol. The van der Waals surface area contributed by atoms with Gasteiger partial charge in [0.1, 0.15) is 5.82 Å². The maximum absolute atomic E-state index is 13.0. The van der Waals surface area contributed by atoms with Crippen LogP contribution in [0.15, 0.2) is 53.5 Å². The molecule has 0 radical (unpaired) electrons. The van der Waals surface area contributed by atoms with Crippen LogP contribution in [-0.4, -0.2) is 36.9 Å². The molecule has 0 spiro atoms. The summed E-state index contributed by atoms with van der Waals surface area (Å²) >= 11 is 0. The average Bonchev–Trinajstić information content (AvgIpc) is 3.11. The number of benzene rings is 2. The summed E-state index contributed by atoms with van der Waals surface area (Å²) in [5.41, 5.74) is 3.37. The van der Waals surface area contributed by atoms with Crippen LogP contribution in [-0.2, 0) is 24.3 Å². The number of likely N-dealkylation sites (tertiary alicyclic amines) is 1. The smallest absolute Gasteiger partial charge is 0.222 e. The Morgan fingerprint density at radius 3 is 2.55 bits per heavy atom. The van der Waals surface area contributed by atoms with Crippen LogP contribution in [0.3, 0.4) is 0 Å². The Hall–Kier alpha value is -2.16. The van der Waals surface area contributed by atoms with Crippen LogP contribution in [0.4, 0.5) is 4.39 Å². The second-order valence-corrected chi connectivity index (χ2v) is 6.97. The van der Waals surface area contributed by atoms with Crippen LogP contribution in [0.25, 0.3) is 0 Å². The number of nitrogens with zero attached hydrogens (tertiary/aromatic N) is 2. The molecule has 29 heavy (non-hydrogen) atoms. The van der Waals surface area contributed by atoms with E-state index in [1.807, 2.05) is 11.0 Å². The Kier molecular flexibility index (Phi) is 9.37. The molecular formula is C22H28FIN4O. The highest BCUT2D eigenvalue weighted by Crippen LogP contribution is 2.15. The molecule has 0 bridgehead atoms. The second kappa shape index (κ2) is 11.7. The van der Waals surface area contributed by atoms with Crippen LogP contribution in [0.1, 0.15) is 29.5 Å². The van der Waals surface area contributed by atoms with Gasteiger partial charge in [-0.05, 0) is 41.7 Å². The zero-order chi connectivity index (χ0) is 19.8. The van der Waals surface area contributed by atoms with Gasteiger partial charge >= 0.3 is 0 Å². The first-order valence-corrected chi connectivity index (χ1v) is 9.68. The Bertz CT molecular complexity index is 826. The molecule has 1 fully saturated rings. The molecule has 1 aliphatic heterocycles. The number of hydrogen-bond acceptors (Lipinski definition) is 2. The molecule has 0 unspecified atom stereocenters. The highest BCUT2D eigenvalue weighted by Gasteiger charge is 2.19. The van der Waals surface area contributed by atoms with E-state index in [2.05, 4.69) is 33.8 Å². The van der Waals surface area contributed by atoms with Gasteiger partial charge in [-0.2, -0.15) is 0 Å². The Labute approximate surface area is 188 Å². The minimum atomic E-state index is -0.217. The lowest BCUT2D eigenvalue weighted by Crippen LogP contribution is -2.37. The standard InChI is InChI=1S/C22H27FN4O.HI/c1-24-22(25-12-11-17-7-9-20(23)10-8-17)26-15-18-4-2-5-19(14-18)16-27-13-3-6-21(27)28;/h2,4-5,7-10,14H,3,6,11-13,15-16H2,1H3,(H2,24,25,26);1H.